The Kier molecular flexibility index (Phi) is 87.4. The minimum absolute atomic E-state index is 0.0810. The van der Waals surface area contributed by atoms with E-state index in [1.165, 1.54) is 77.8 Å². The van der Waals surface area contributed by atoms with E-state index in [0.717, 1.165) is 38.5 Å². The summed E-state index contributed by atoms with van der Waals surface area (Å²) in [5.41, 5.74) is 0. The van der Waals surface area contributed by atoms with Crippen molar-refractivity contribution in [2.24, 2.45) is 0 Å². The van der Waals surface area contributed by atoms with Gasteiger partial charge in [0, 0.05) is 33.0 Å². The van der Waals surface area contributed by atoms with Crippen molar-refractivity contribution in [2.75, 3.05) is 72.3 Å². The van der Waals surface area contributed by atoms with Crippen molar-refractivity contribution in [3.63, 3.8) is 0 Å². The van der Waals surface area contributed by atoms with E-state index in [1.807, 2.05) is 0 Å². The van der Waals surface area contributed by atoms with Gasteiger partial charge >= 0.3 is 0 Å². The molecule has 258 valence electrons. The fourth-order valence-electron chi connectivity index (χ4n) is 2.42. The predicted molar refractivity (Wildman–Crippen MR) is 180 cm³/mol. The zero-order valence-electron chi connectivity index (χ0n) is 28.7. The standard InChI is InChI=1S/3C6H15N.C6H14O2.2C4H10O2/c3*1-3-5-7-6-4-2;7-5-3-1-2-4-6-8;1-4(6)2-3-5;5-3-1-2-4-6/h3*7H,3-6H2,1-2H3;7-8H,1-6H2;4-6H,2-3H2,1H3;5-6H,1-4H2. The van der Waals surface area contributed by atoms with E-state index in [-0.39, 0.29) is 39.1 Å². The lowest BCUT2D eigenvalue weighted by Gasteiger charge is -1.95. The van der Waals surface area contributed by atoms with Gasteiger partial charge in [-0.25, -0.2) is 0 Å². The fourth-order valence-corrected chi connectivity index (χ4v) is 2.42. The molecule has 0 saturated heterocycles. The molecule has 0 aliphatic carbocycles. The molecule has 0 aliphatic heterocycles. The first kappa shape index (κ1) is 53.2. The van der Waals surface area contributed by atoms with Gasteiger partial charge in [0.15, 0.2) is 0 Å². The summed E-state index contributed by atoms with van der Waals surface area (Å²) in [5.74, 6) is 0. The van der Waals surface area contributed by atoms with E-state index in [2.05, 4.69) is 57.5 Å². The molecule has 0 aromatic rings. The lowest BCUT2D eigenvalue weighted by Crippen LogP contribution is -2.14. The summed E-state index contributed by atoms with van der Waals surface area (Å²) in [6.07, 6.45) is 12.9. The summed E-state index contributed by atoms with van der Waals surface area (Å²) in [6.45, 7) is 22.8. The van der Waals surface area contributed by atoms with Crippen LogP contribution in [-0.2, 0) is 0 Å². The van der Waals surface area contributed by atoms with Crippen LogP contribution in [0.15, 0.2) is 0 Å². The van der Waals surface area contributed by atoms with Crippen LogP contribution in [0.5, 0.6) is 0 Å². The molecule has 9 nitrogen and oxygen atoms in total. The van der Waals surface area contributed by atoms with E-state index in [9.17, 15) is 0 Å². The van der Waals surface area contributed by atoms with Crippen LogP contribution >= 0.6 is 0 Å². The number of hydrogen-bond donors (Lipinski definition) is 9. The maximum Gasteiger partial charge on any atom is 0.0533 e. The van der Waals surface area contributed by atoms with Crippen LogP contribution in [0.3, 0.4) is 0 Å². The van der Waals surface area contributed by atoms with Crippen molar-refractivity contribution in [3.8, 4) is 0 Å². The van der Waals surface area contributed by atoms with Gasteiger partial charge in [-0.05, 0) is 117 Å². The molecule has 0 bridgehead atoms. The van der Waals surface area contributed by atoms with Gasteiger partial charge in [-0.15, -0.1) is 0 Å². The molecule has 0 amide bonds. The van der Waals surface area contributed by atoms with Gasteiger partial charge in [0.2, 0.25) is 0 Å². The summed E-state index contributed by atoms with van der Waals surface area (Å²) in [7, 11) is 0. The molecule has 0 spiro atoms. The second-order valence-electron chi connectivity index (χ2n) is 9.63. The molecule has 0 aliphatic rings. The number of aliphatic hydroxyl groups excluding tert-OH is 6. The number of rotatable bonds is 22. The van der Waals surface area contributed by atoms with Crippen molar-refractivity contribution in [1.82, 2.24) is 16.0 Å². The van der Waals surface area contributed by atoms with Gasteiger partial charge in [-0.3, -0.25) is 0 Å². The van der Waals surface area contributed by atoms with E-state index >= 15 is 0 Å². The van der Waals surface area contributed by atoms with Gasteiger partial charge in [-0.2, -0.15) is 0 Å². The third kappa shape index (κ3) is 110. The lowest BCUT2D eigenvalue weighted by molar-refractivity contribution is 0.148. The molecular formula is C32H79N3O6. The molecule has 41 heavy (non-hydrogen) atoms. The topological polar surface area (TPSA) is 157 Å². The Labute approximate surface area is 256 Å². The fraction of sp³-hybridized carbons (Fsp3) is 1.00. The molecule has 9 N–H and O–H groups in total. The monoisotopic (exact) mass is 602 g/mol. The molecule has 1 unspecified atom stereocenters. The first-order valence-electron chi connectivity index (χ1n) is 16.7. The predicted octanol–water partition coefficient (Wildman–Crippen LogP) is 4.22. The molecule has 0 aromatic heterocycles. The van der Waals surface area contributed by atoms with Crippen molar-refractivity contribution in [3.05, 3.63) is 0 Å². The Balaban J connectivity index is -0.0000000899. The molecule has 0 rings (SSSR count). The van der Waals surface area contributed by atoms with Crippen LogP contribution < -0.4 is 16.0 Å². The first-order valence-corrected chi connectivity index (χ1v) is 16.7. The highest BCUT2D eigenvalue weighted by atomic mass is 16.3. The van der Waals surface area contributed by atoms with Gasteiger partial charge in [0.1, 0.15) is 0 Å². The van der Waals surface area contributed by atoms with Crippen molar-refractivity contribution in [1.29, 1.82) is 0 Å². The molecule has 0 radical (unpaired) electrons. The maximum absolute atomic E-state index is 8.39. The van der Waals surface area contributed by atoms with Crippen LogP contribution in [0.25, 0.3) is 0 Å². The van der Waals surface area contributed by atoms with Gasteiger partial charge in [0.05, 0.1) is 6.10 Å². The van der Waals surface area contributed by atoms with Crippen LogP contribution in [0.4, 0.5) is 0 Å². The Hall–Kier alpha value is -0.360. The smallest absolute Gasteiger partial charge is 0.0533 e. The molecule has 0 aromatic carbocycles. The molecule has 0 fully saturated rings. The number of nitrogens with one attached hydrogen (secondary N) is 3. The van der Waals surface area contributed by atoms with Gasteiger partial charge < -0.3 is 46.6 Å². The Bertz CT molecular complexity index is 286. The van der Waals surface area contributed by atoms with Crippen molar-refractivity contribution < 1.29 is 30.6 Å². The summed E-state index contributed by atoms with van der Waals surface area (Å²) >= 11 is 0. The highest BCUT2D eigenvalue weighted by Crippen LogP contribution is 1.96. The molecular weight excluding hydrogens is 522 g/mol. The SMILES string of the molecule is CC(O)CCO.CCCNCCC.CCCNCCC.CCCNCCC.OCCCCCCO.OCCCCO. The largest absolute Gasteiger partial charge is 0.396 e. The Morgan fingerprint density at radius 2 is 0.610 bits per heavy atom. The summed E-state index contributed by atoms with van der Waals surface area (Å²) in [5, 5.41) is 59.1. The van der Waals surface area contributed by atoms with Crippen LogP contribution in [0.2, 0.25) is 0 Å². The highest BCUT2D eigenvalue weighted by Gasteiger charge is 1.88. The molecule has 0 heterocycles. The minimum atomic E-state index is -0.352. The van der Waals surface area contributed by atoms with Crippen LogP contribution in [0, 0.1) is 0 Å². The minimum Gasteiger partial charge on any atom is -0.396 e. The average molecular weight is 602 g/mol. The summed E-state index contributed by atoms with van der Waals surface area (Å²) in [4.78, 5) is 0. The van der Waals surface area contributed by atoms with E-state index in [1.54, 1.807) is 6.92 Å². The molecule has 0 saturated carbocycles. The quantitative estimate of drug-likeness (QED) is 0.0829. The third-order valence-corrected chi connectivity index (χ3v) is 4.74. The second-order valence-corrected chi connectivity index (χ2v) is 9.63. The normalized spacial score (nSPS) is 10.2. The van der Waals surface area contributed by atoms with Crippen LogP contribution in [-0.4, -0.2) is 109 Å². The van der Waals surface area contributed by atoms with Gasteiger partial charge in [-0.1, -0.05) is 54.4 Å². The number of aliphatic hydroxyl groups is 6. The summed E-state index contributed by atoms with van der Waals surface area (Å²) in [6, 6.07) is 0. The van der Waals surface area contributed by atoms with E-state index < -0.39 is 0 Å². The second kappa shape index (κ2) is 67.4. The maximum atomic E-state index is 8.39. The number of unbranched alkanes of at least 4 members (excludes halogenated alkanes) is 4. The van der Waals surface area contributed by atoms with E-state index in [4.69, 9.17) is 30.6 Å². The zero-order valence-corrected chi connectivity index (χ0v) is 28.7. The van der Waals surface area contributed by atoms with Gasteiger partial charge in [0.25, 0.3) is 0 Å². The molecule has 1 atom stereocenters. The highest BCUT2D eigenvalue weighted by molar-refractivity contribution is 4.42. The molecule has 9 heteroatoms. The van der Waals surface area contributed by atoms with Crippen molar-refractivity contribution in [2.45, 2.75) is 138 Å². The van der Waals surface area contributed by atoms with Crippen LogP contribution in [0.1, 0.15) is 132 Å². The Morgan fingerprint density at radius 3 is 0.732 bits per heavy atom. The van der Waals surface area contributed by atoms with Crippen molar-refractivity contribution >= 4 is 0 Å². The summed E-state index contributed by atoms with van der Waals surface area (Å²) < 4.78 is 0. The lowest BCUT2D eigenvalue weighted by atomic mass is 10.2. The van der Waals surface area contributed by atoms with E-state index in [0.29, 0.717) is 6.42 Å². The first-order chi connectivity index (χ1) is 19.8. The average Bonchev–Trinajstić information content (AvgIpc) is 2.97. The third-order valence-electron chi connectivity index (χ3n) is 4.74. The zero-order chi connectivity index (χ0) is 32.7. The number of hydrogen-bond acceptors (Lipinski definition) is 9. The Morgan fingerprint density at radius 1 is 0.390 bits per heavy atom.